The number of nitriles is 1. The molecular formula is C27H20F3N3O3S. The number of hydrogen-bond donors (Lipinski definition) is 1. The molecule has 37 heavy (non-hydrogen) atoms. The van der Waals surface area contributed by atoms with Gasteiger partial charge in [-0.15, -0.1) is 0 Å². The number of fused-ring (bicyclic) bond motifs is 2. The smallest absolute Gasteiger partial charge is 0.416 e. The highest BCUT2D eigenvalue weighted by Crippen LogP contribution is 2.51. The molecule has 188 valence electrons. The number of para-hydroxylation sites is 1. The second kappa shape index (κ2) is 8.71. The molecule has 0 amide bonds. The van der Waals surface area contributed by atoms with Crippen LogP contribution in [0.15, 0.2) is 89.2 Å². The molecule has 2 aliphatic rings. The zero-order valence-electron chi connectivity index (χ0n) is 19.5. The van der Waals surface area contributed by atoms with Gasteiger partial charge in [0.15, 0.2) is 5.76 Å². The van der Waals surface area contributed by atoms with E-state index < -0.39 is 27.7 Å². The predicted octanol–water partition coefficient (Wildman–Crippen LogP) is 5.54. The van der Waals surface area contributed by atoms with Crippen molar-refractivity contribution in [1.82, 2.24) is 0 Å². The first kappa shape index (κ1) is 24.5. The number of hydrogen-bond acceptors (Lipinski definition) is 5. The van der Waals surface area contributed by atoms with E-state index in [1.165, 1.54) is 4.31 Å². The van der Waals surface area contributed by atoms with Gasteiger partial charge in [0.25, 0.3) is 10.0 Å². The Morgan fingerprint density at radius 3 is 2.41 bits per heavy atom. The Bertz CT molecular complexity index is 1620. The van der Waals surface area contributed by atoms with E-state index in [1.807, 2.05) is 31.2 Å². The minimum absolute atomic E-state index is 0.00137. The van der Waals surface area contributed by atoms with Gasteiger partial charge in [0.1, 0.15) is 16.5 Å². The Balaban J connectivity index is 1.73. The van der Waals surface area contributed by atoms with E-state index in [9.17, 15) is 26.9 Å². The van der Waals surface area contributed by atoms with Gasteiger partial charge in [-0.3, -0.25) is 4.31 Å². The zero-order chi connectivity index (χ0) is 26.5. The van der Waals surface area contributed by atoms with Gasteiger partial charge in [-0.2, -0.15) is 18.4 Å². The molecule has 2 N–H and O–H groups in total. The third kappa shape index (κ3) is 4.11. The summed E-state index contributed by atoms with van der Waals surface area (Å²) < 4.78 is 75.0. The fourth-order valence-corrected chi connectivity index (χ4v) is 6.57. The molecule has 0 aliphatic carbocycles. The molecule has 0 saturated heterocycles. The topological polar surface area (TPSA) is 96.4 Å². The summed E-state index contributed by atoms with van der Waals surface area (Å²) in [5.41, 5.74) is 7.62. The predicted molar refractivity (Wildman–Crippen MR) is 132 cm³/mol. The Morgan fingerprint density at radius 2 is 1.76 bits per heavy atom. The number of aryl methyl sites for hydroxylation is 1. The highest BCUT2D eigenvalue weighted by molar-refractivity contribution is 7.96. The summed E-state index contributed by atoms with van der Waals surface area (Å²) in [4.78, 5) is -0.246. The summed E-state index contributed by atoms with van der Waals surface area (Å²) in [5, 5.41) is 9.89. The minimum Gasteiger partial charge on any atom is -0.439 e. The first-order chi connectivity index (χ1) is 17.5. The average Bonchev–Trinajstić information content (AvgIpc) is 2.85. The molecule has 6 nitrogen and oxygen atoms in total. The van der Waals surface area contributed by atoms with Gasteiger partial charge >= 0.3 is 6.18 Å². The standard InChI is InChI=1S/C27H20F3N3O3S/c1-16-5-4-6-17(13-16)15-33-22-8-3-2-7-20(22)24-25(37(33,34)35)23(21(14-31)26(32)36-24)18-9-11-19(12-10-18)27(28,29)30/h2-13,23H,15,32H2,1H3/t23-/m1/s1. The van der Waals surface area contributed by atoms with Crippen molar-refractivity contribution in [2.24, 2.45) is 5.73 Å². The lowest BCUT2D eigenvalue weighted by Gasteiger charge is -2.38. The molecular weight excluding hydrogens is 503 g/mol. The van der Waals surface area contributed by atoms with Gasteiger partial charge in [-0.05, 0) is 42.3 Å². The van der Waals surface area contributed by atoms with Crippen LogP contribution >= 0.6 is 0 Å². The van der Waals surface area contributed by atoms with Crippen LogP contribution in [-0.4, -0.2) is 8.42 Å². The van der Waals surface area contributed by atoms with Crippen molar-refractivity contribution >= 4 is 21.5 Å². The number of ether oxygens (including phenoxy) is 1. The van der Waals surface area contributed by atoms with Crippen LogP contribution in [0.1, 0.15) is 33.7 Å². The molecule has 10 heteroatoms. The van der Waals surface area contributed by atoms with Crippen molar-refractivity contribution in [2.45, 2.75) is 25.6 Å². The Morgan fingerprint density at radius 1 is 1.05 bits per heavy atom. The molecule has 0 spiro atoms. The maximum atomic E-state index is 14.2. The first-order valence-corrected chi connectivity index (χ1v) is 12.6. The van der Waals surface area contributed by atoms with Crippen LogP contribution in [0, 0.1) is 18.3 Å². The van der Waals surface area contributed by atoms with E-state index in [1.54, 1.807) is 30.3 Å². The normalized spacial score (nSPS) is 18.6. The number of nitrogens with zero attached hydrogens (tertiary/aromatic N) is 2. The molecule has 5 rings (SSSR count). The van der Waals surface area contributed by atoms with Gasteiger partial charge in [0, 0.05) is 5.56 Å². The second-order valence-corrected chi connectivity index (χ2v) is 10.6. The summed E-state index contributed by atoms with van der Waals surface area (Å²) in [6.07, 6.45) is -4.58. The van der Waals surface area contributed by atoms with E-state index in [0.29, 0.717) is 11.3 Å². The first-order valence-electron chi connectivity index (χ1n) is 11.2. The minimum atomic E-state index is -4.58. The molecule has 0 aromatic heterocycles. The maximum Gasteiger partial charge on any atom is 0.416 e. The second-order valence-electron chi connectivity index (χ2n) is 8.76. The van der Waals surface area contributed by atoms with Crippen LogP contribution < -0.4 is 10.0 Å². The third-order valence-corrected chi connectivity index (χ3v) is 8.22. The number of allylic oxidation sites excluding steroid dienone is 2. The highest BCUT2D eigenvalue weighted by atomic mass is 32.2. The Hall–Kier alpha value is -4.23. The van der Waals surface area contributed by atoms with Crippen molar-refractivity contribution in [3.63, 3.8) is 0 Å². The third-order valence-electron chi connectivity index (χ3n) is 6.34. The van der Waals surface area contributed by atoms with Crippen LogP contribution in [0.5, 0.6) is 0 Å². The highest BCUT2D eigenvalue weighted by Gasteiger charge is 2.47. The Labute approximate surface area is 211 Å². The summed E-state index contributed by atoms with van der Waals surface area (Å²) in [6, 6.07) is 20.0. The van der Waals surface area contributed by atoms with Crippen LogP contribution in [0.3, 0.4) is 0 Å². The van der Waals surface area contributed by atoms with Gasteiger partial charge in [0.05, 0.1) is 23.7 Å². The quantitative estimate of drug-likeness (QED) is 0.486. The van der Waals surface area contributed by atoms with Gasteiger partial charge in [-0.1, -0.05) is 54.1 Å². The van der Waals surface area contributed by atoms with Crippen LogP contribution in [-0.2, 0) is 27.5 Å². The van der Waals surface area contributed by atoms with E-state index >= 15 is 0 Å². The number of alkyl halides is 3. The van der Waals surface area contributed by atoms with Gasteiger partial charge in [-0.25, -0.2) is 8.42 Å². The lowest BCUT2D eigenvalue weighted by Crippen LogP contribution is -2.39. The fraction of sp³-hybridized carbons (Fsp3) is 0.148. The Kier molecular flexibility index (Phi) is 5.76. The van der Waals surface area contributed by atoms with Gasteiger partial charge in [0.2, 0.25) is 5.88 Å². The summed E-state index contributed by atoms with van der Waals surface area (Å²) in [7, 11) is -4.33. The summed E-state index contributed by atoms with van der Waals surface area (Å²) >= 11 is 0. The van der Waals surface area contributed by atoms with E-state index in [2.05, 4.69) is 0 Å². The molecule has 1 atom stereocenters. The van der Waals surface area contributed by atoms with Crippen molar-refractivity contribution in [2.75, 3.05) is 4.31 Å². The molecule has 0 unspecified atom stereocenters. The number of rotatable bonds is 3. The number of nitrogens with two attached hydrogens (primary N) is 1. The lowest BCUT2D eigenvalue weighted by molar-refractivity contribution is -0.137. The molecule has 3 aromatic carbocycles. The van der Waals surface area contributed by atoms with Crippen LogP contribution in [0.4, 0.5) is 18.9 Å². The van der Waals surface area contributed by atoms with Crippen LogP contribution in [0.2, 0.25) is 0 Å². The van der Waals surface area contributed by atoms with E-state index in [-0.39, 0.29) is 34.2 Å². The van der Waals surface area contributed by atoms with Crippen molar-refractivity contribution in [3.05, 3.63) is 117 Å². The molecule has 0 radical (unpaired) electrons. The summed E-state index contributed by atoms with van der Waals surface area (Å²) in [6.45, 7) is 1.89. The van der Waals surface area contributed by atoms with Crippen molar-refractivity contribution in [1.29, 1.82) is 5.26 Å². The number of sulfonamides is 1. The van der Waals surface area contributed by atoms with Crippen molar-refractivity contribution in [3.8, 4) is 6.07 Å². The SMILES string of the molecule is Cc1cccc(CN2c3ccccc3C3=C([C@H](c4ccc(C(F)(F)F)cc4)C(C#N)=C(N)O3)S2(=O)=O)c1. The molecule has 2 heterocycles. The monoisotopic (exact) mass is 523 g/mol. The molecule has 0 saturated carbocycles. The molecule has 2 aliphatic heterocycles. The average molecular weight is 524 g/mol. The lowest BCUT2D eigenvalue weighted by atomic mass is 9.88. The van der Waals surface area contributed by atoms with Crippen molar-refractivity contribution < 1.29 is 26.3 Å². The fourth-order valence-electron chi connectivity index (χ4n) is 4.65. The number of anilines is 1. The van der Waals surface area contributed by atoms with E-state index in [4.69, 9.17) is 10.5 Å². The largest absolute Gasteiger partial charge is 0.439 e. The zero-order valence-corrected chi connectivity index (χ0v) is 20.3. The molecule has 0 fully saturated rings. The van der Waals surface area contributed by atoms with Gasteiger partial charge < -0.3 is 10.5 Å². The van der Waals surface area contributed by atoms with E-state index in [0.717, 1.165) is 35.4 Å². The van der Waals surface area contributed by atoms with Crippen LogP contribution in [0.25, 0.3) is 5.76 Å². The summed E-state index contributed by atoms with van der Waals surface area (Å²) in [5.74, 6) is -1.60. The maximum absolute atomic E-state index is 14.2. The molecule has 3 aromatic rings. The number of halogens is 3. The number of benzene rings is 3. The molecule has 0 bridgehead atoms.